The lowest BCUT2D eigenvalue weighted by Crippen LogP contribution is -2.41. The number of hydrogen-bond acceptors (Lipinski definition) is 2. The van der Waals surface area contributed by atoms with Gasteiger partial charge in [0.05, 0.1) is 6.04 Å². The second-order valence-electron chi connectivity index (χ2n) is 3.98. The van der Waals surface area contributed by atoms with Crippen LogP contribution in [0.25, 0.3) is 0 Å². The predicted octanol–water partition coefficient (Wildman–Crippen LogP) is 1.42. The highest BCUT2D eigenvalue weighted by Gasteiger charge is 2.16. The Morgan fingerprint density at radius 1 is 1.38 bits per heavy atom. The molecule has 0 aliphatic carbocycles. The SMILES string of the molecule is CCN(C)C(=O)C(N)CCc1ccccc1. The maximum Gasteiger partial charge on any atom is 0.239 e. The third kappa shape index (κ3) is 3.66. The van der Waals surface area contributed by atoms with Gasteiger partial charge in [-0.2, -0.15) is 0 Å². The number of hydrogen-bond donors (Lipinski definition) is 1. The molecule has 3 nitrogen and oxygen atoms in total. The second kappa shape index (κ2) is 6.28. The van der Waals surface area contributed by atoms with Crippen molar-refractivity contribution in [2.24, 2.45) is 5.73 Å². The van der Waals surface area contributed by atoms with Gasteiger partial charge in [0.1, 0.15) is 0 Å². The van der Waals surface area contributed by atoms with E-state index in [0.717, 1.165) is 6.42 Å². The van der Waals surface area contributed by atoms with Gasteiger partial charge in [0.15, 0.2) is 0 Å². The zero-order chi connectivity index (χ0) is 12.0. The minimum Gasteiger partial charge on any atom is -0.345 e. The van der Waals surface area contributed by atoms with Gasteiger partial charge in [-0.05, 0) is 25.3 Å². The number of carbonyl (C=O) groups excluding carboxylic acids is 1. The molecule has 0 fully saturated rings. The molecule has 0 saturated heterocycles. The zero-order valence-corrected chi connectivity index (χ0v) is 10.0. The van der Waals surface area contributed by atoms with E-state index in [1.807, 2.05) is 25.1 Å². The van der Waals surface area contributed by atoms with Gasteiger partial charge in [-0.15, -0.1) is 0 Å². The lowest BCUT2D eigenvalue weighted by atomic mass is 10.1. The quantitative estimate of drug-likeness (QED) is 0.816. The van der Waals surface area contributed by atoms with E-state index in [1.165, 1.54) is 5.56 Å². The third-order valence-corrected chi connectivity index (χ3v) is 2.75. The number of aryl methyl sites for hydroxylation is 1. The molecule has 1 aromatic rings. The second-order valence-corrected chi connectivity index (χ2v) is 3.98. The average Bonchev–Trinajstić information content (AvgIpc) is 2.35. The summed E-state index contributed by atoms with van der Waals surface area (Å²) in [5.41, 5.74) is 7.08. The van der Waals surface area contributed by atoms with Crippen LogP contribution in [0.4, 0.5) is 0 Å². The Morgan fingerprint density at radius 3 is 2.56 bits per heavy atom. The molecule has 2 N–H and O–H groups in total. The standard InChI is InChI=1S/C13H20N2O/c1-3-15(2)13(16)12(14)10-9-11-7-5-4-6-8-11/h4-8,12H,3,9-10,14H2,1-2H3. The smallest absolute Gasteiger partial charge is 0.239 e. The average molecular weight is 220 g/mol. The van der Waals surface area contributed by atoms with Gasteiger partial charge < -0.3 is 10.6 Å². The van der Waals surface area contributed by atoms with Crippen LogP contribution in [-0.2, 0) is 11.2 Å². The summed E-state index contributed by atoms with van der Waals surface area (Å²) in [7, 11) is 1.78. The van der Waals surface area contributed by atoms with Crippen molar-refractivity contribution in [2.75, 3.05) is 13.6 Å². The van der Waals surface area contributed by atoms with Crippen LogP contribution in [0.1, 0.15) is 18.9 Å². The summed E-state index contributed by atoms with van der Waals surface area (Å²) in [4.78, 5) is 13.4. The van der Waals surface area contributed by atoms with Gasteiger partial charge in [-0.3, -0.25) is 4.79 Å². The molecule has 1 unspecified atom stereocenters. The summed E-state index contributed by atoms with van der Waals surface area (Å²) in [6, 6.07) is 9.72. The number of benzene rings is 1. The molecule has 1 aromatic carbocycles. The maximum atomic E-state index is 11.7. The Bertz CT molecular complexity index is 324. The monoisotopic (exact) mass is 220 g/mol. The number of likely N-dealkylation sites (N-methyl/N-ethyl adjacent to an activating group) is 1. The Balaban J connectivity index is 2.41. The molecule has 0 saturated carbocycles. The van der Waals surface area contributed by atoms with Crippen LogP contribution in [0.2, 0.25) is 0 Å². The van der Waals surface area contributed by atoms with E-state index in [1.54, 1.807) is 11.9 Å². The first-order valence-electron chi connectivity index (χ1n) is 5.69. The topological polar surface area (TPSA) is 46.3 Å². The van der Waals surface area contributed by atoms with Crippen molar-refractivity contribution in [3.05, 3.63) is 35.9 Å². The van der Waals surface area contributed by atoms with Gasteiger partial charge in [0.25, 0.3) is 0 Å². The van der Waals surface area contributed by atoms with Gasteiger partial charge in [-0.1, -0.05) is 30.3 Å². The highest BCUT2D eigenvalue weighted by Crippen LogP contribution is 2.05. The summed E-state index contributed by atoms with van der Waals surface area (Å²) in [6.07, 6.45) is 1.55. The number of nitrogens with zero attached hydrogens (tertiary/aromatic N) is 1. The molecule has 88 valence electrons. The van der Waals surface area contributed by atoms with Gasteiger partial charge in [-0.25, -0.2) is 0 Å². The van der Waals surface area contributed by atoms with Crippen LogP contribution in [0.5, 0.6) is 0 Å². The number of rotatable bonds is 5. The Kier molecular flexibility index (Phi) is 4.99. The highest BCUT2D eigenvalue weighted by atomic mass is 16.2. The molecule has 0 spiro atoms. The zero-order valence-electron chi connectivity index (χ0n) is 10.0. The van der Waals surface area contributed by atoms with E-state index in [2.05, 4.69) is 12.1 Å². The minimum atomic E-state index is -0.384. The molecule has 0 aromatic heterocycles. The molecule has 0 heterocycles. The van der Waals surface area contributed by atoms with E-state index >= 15 is 0 Å². The van der Waals surface area contributed by atoms with Crippen molar-refractivity contribution in [3.63, 3.8) is 0 Å². The van der Waals surface area contributed by atoms with Crippen LogP contribution < -0.4 is 5.73 Å². The summed E-state index contributed by atoms with van der Waals surface area (Å²) in [5, 5.41) is 0. The van der Waals surface area contributed by atoms with Crippen molar-refractivity contribution >= 4 is 5.91 Å². The Hall–Kier alpha value is -1.35. The Morgan fingerprint density at radius 2 is 2.00 bits per heavy atom. The van der Waals surface area contributed by atoms with Crippen molar-refractivity contribution in [1.82, 2.24) is 4.90 Å². The van der Waals surface area contributed by atoms with Gasteiger partial charge in [0.2, 0.25) is 5.91 Å². The molecule has 0 aliphatic heterocycles. The lowest BCUT2D eigenvalue weighted by molar-refractivity contribution is -0.131. The first kappa shape index (κ1) is 12.7. The molecule has 0 bridgehead atoms. The summed E-state index contributed by atoms with van der Waals surface area (Å²) in [5.74, 6) is 0.0263. The Labute approximate surface area is 97.2 Å². The van der Waals surface area contributed by atoms with Crippen LogP contribution in [0.3, 0.4) is 0 Å². The molecule has 1 atom stereocenters. The molecule has 1 amide bonds. The van der Waals surface area contributed by atoms with E-state index in [-0.39, 0.29) is 11.9 Å². The minimum absolute atomic E-state index is 0.0263. The fraction of sp³-hybridized carbons (Fsp3) is 0.462. The lowest BCUT2D eigenvalue weighted by Gasteiger charge is -2.19. The highest BCUT2D eigenvalue weighted by molar-refractivity contribution is 5.81. The molecule has 0 aliphatic rings. The molecule has 16 heavy (non-hydrogen) atoms. The molecule has 1 rings (SSSR count). The normalized spacial score (nSPS) is 12.2. The number of carbonyl (C=O) groups is 1. The van der Waals surface area contributed by atoms with Crippen LogP contribution >= 0.6 is 0 Å². The summed E-state index contributed by atoms with van der Waals surface area (Å²) < 4.78 is 0. The van der Waals surface area contributed by atoms with Gasteiger partial charge >= 0.3 is 0 Å². The van der Waals surface area contributed by atoms with Crippen molar-refractivity contribution in [1.29, 1.82) is 0 Å². The first-order chi connectivity index (χ1) is 7.65. The van der Waals surface area contributed by atoms with Crippen molar-refractivity contribution < 1.29 is 4.79 Å². The fourth-order valence-corrected chi connectivity index (χ4v) is 1.53. The molecule has 0 radical (unpaired) electrons. The van der Waals surface area contributed by atoms with Crippen LogP contribution in [0, 0.1) is 0 Å². The van der Waals surface area contributed by atoms with Crippen LogP contribution in [-0.4, -0.2) is 30.4 Å². The van der Waals surface area contributed by atoms with Crippen molar-refractivity contribution in [3.8, 4) is 0 Å². The molecular formula is C13H20N2O. The number of nitrogens with two attached hydrogens (primary N) is 1. The van der Waals surface area contributed by atoms with E-state index in [9.17, 15) is 4.79 Å². The fourth-order valence-electron chi connectivity index (χ4n) is 1.53. The maximum absolute atomic E-state index is 11.7. The van der Waals surface area contributed by atoms with E-state index in [0.29, 0.717) is 13.0 Å². The molecule has 3 heteroatoms. The number of amides is 1. The van der Waals surface area contributed by atoms with Gasteiger partial charge in [0, 0.05) is 13.6 Å². The van der Waals surface area contributed by atoms with E-state index < -0.39 is 0 Å². The molecular weight excluding hydrogens is 200 g/mol. The van der Waals surface area contributed by atoms with Crippen molar-refractivity contribution in [2.45, 2.75) is 25.8 Å². The summed E-state index contributed by atoms with van der Waals surface area (Å²) in [6.45, 7) is 2.65. The third-order valence-electron chi connectivity index (χ3n) is 2.75. The van der Waals surface area contributed by atoms with Crippen LogP contribution in [0.15, 0.2) is 30.3 Å². The first-order valence-corrected chi connectivity index (χ1v) is 5.69. The largest absolute Gasteiger partial charge is 0.345 e. The predicted molar refractivity (Wildman–Crippen MR) is 66.0 cm³/mol. The van der Waals surface area contributed by atoms with E-state index in [4.69, 9.17) is 5.73 Å². The summed E-state index contributed by atoms with van der Waals surface area (Å²) >= 11 is 0.